The van der Waals surface area contributed by atoms with E-state index in [9.17, 15) is 0 Å². The molecule has 1 heterocycles. The zero-order valence-electron chi connectivity index (χ0n) is 17.7. The number of hydrogen-bond acceptors (Lipinski definition) is 1. The van der Waals surface area contributed by atoms with Crippen LogP contribution in [-0.4, -0.2) is 4.90 Å². The molecule has 0 saturated heterocycles. The SMILES string of the molecule is Clc1ccccc1CN1C(c2ccccc2)=CC(c2ccccc2)=CC1c1ccccc1. The predicted octanol–water partition coefficient (Wildman–Crippen LogP) is 8.02. The monoisotopic (exact) mass is 433 g/mol. The van der Waals surface area contributed by atoms with Gasteiger partial charge in [-0.1, -0.05) is 121 Å². The fourth-order valence-electron chi connectivity index (χ4n) is 4.28. The highest BCUT2D eigenvalue weighted by molar-refractivity contribution is 6.31. The first-order chi connectivity index (χ1) is 15.8. The van der Waals surface area contributed by atoms with Gasteiger partial charge in [0.25, 0.3) is 0 Å². The Morgan fingerprint density at radius 3 is 1.84 bits per heavy atom. The van der Waals surface area contributed by atoms with Gasteiger partial charge in [-0.15, -0.1) is 0 Å². The standard InChI is InChI=1S/C30H24ClN/c31-28-19-11-10-18-26(28)22-32-29(24-14-6-2-7-15-24)20-27(23-12-4-1-5-13-23)21-30(32)25-16-8-3-9-17-25/h1-21,29H,22H2. The van der Waals surface area contributed by atoms with Gasteiger partial charge in [-0.05, 0) is 46.0 Å². The summed E-state index contributed by atoms with van der Waals surface area (Å²) in [4.78, 5) is 2.46. The highest BCUT2D eigenvalue weighted by atomic mass is 35.5. The first-order valence-corrected chi connectivity index (χ1v) is 11.3. The molecular weight excluding hydrogens is 410 g/mol. The molecule has 0 N–H and O–H groups in total. The summed E-state index contributed by atoms with van der Waals surface area (Å²) in [6.45, 7) is 0.721. The maximum absolute atomic E-state index is 6.59. The summed E-state index contributed by atoms with van der Waals surface area (Å²) in [5, 5.41) is 0.796. The fraction of sp³-hybridized carbons (Fsp3) is 0.0667. The normalized spacial score (nSPS) is 15.8. The Balaban J connectivity index is 1.68. The molecule has 4 aromatic rings. The van der Waals surface area contributed by atoms with Crippen molar-refractivity contribution in [1.82, 2.24) is 4.90 Å². The first-order valence-electron chi connectivity index (χ1n) is 10.9. The van der Waals surface area contributed by atoms with Crippen LogP contribution in [0.5, 0.6) is 0 Å². The maximum Gasteiger partial charge on any atom is 0.0739 e. The summed E-state index contributed by atoms with van der Waals surface area (Å²) in [5.74, 6) is 0. The summed E-state index contributed by atoms with van der Waals surface area (Å²) in [7, 11) is 0. The zero-order valence-corrected chi connectivity index (χ0v) is 18.5. The minimum absolute atomic E-state index is 0.0860. The van der Waals surface area contributed by atoms with Crippen molar-refractivity contribution in [2.75, 3.05) is 0 Å². The van der Waals surface area contributed by atoms with Crippen molar-refractivity contribution in [3.63, 3.8) is 0 Å². The lowest BCUT2D eigenvalue weighted by Crippen LogP contribution is -2.28. The fourth-order valence-corrected chi connectivity index (χ4v) is 4.47. The molecular formula is C30H24ClN. The number of hydrogen-bond donors (Lipinski definition) is 0. The lowest BCUT2D eigenvalue weighted by atomic mass is 9.91. The number of nitrogens with zero attached hydrogens (tertiary/aromatic N) is 1. The van der Waals surface area contributed by atoms with Crippen molar-refractivity contribution >= 4 is 22.9 Å². The van der Waals surface area contributed by atoms with E-state index in [0.717, 1.165) is 17.1 Å². The van der Waals surface area contributed by atoms with Gasteiger partial charge >= 0.3 is 0 Å². The van der Waals surface area contributed by atoms with E-state index in [0.29, 0.717) is 0 Å². The van der Waals surface area contributed by atoms with Gasteiger partial charge in [-0.25, -0.2) is 0 Å². The van der Waals surface area contributed by atoms with Gasteiger partial charge in [-0.2, -0.15) is 0 Å². The van der Waals surface area contributed by atoms with E-state index in [1.807, 2.05) is 12.1 Å². The molecule has 5 rings (SSSR count). The van der Waals surface area contributed by atoms with Crippen LogP contribution in [0.15, 0.2) is 127 Å². The molecule has 0 aliphatic carbocycles. The topological polar surface area (TPSA) is 3.24 Å². The van der Waals surface area contributed by atoms with Crippen molar-refractivity contribution in [2.45, 2.75) is 12.6 Å². The van der Waals surface area contributed by atoms with E-state index in [1.54, 1.807) is 0 Å². The Morgan fingerprint density at radius 1 is 0.625 bits per heavy atom. The molecule has 2 heteroatoms. The van der Waals surface area contributed by atoms with Crippen molar-refractivity contribution in [3.05, 3.63) is 155 Å². The molecule has 1 nitrogen and oxygen atoms in total. The van der Waals surface area contributed by atoms with Crippen molar-refractivity contribution in [2.24, 2.45) is 0 Å². The molecule has 1 aliphatic rings. The summed E-state index contributed by atoms with van der Waals surface area (Å²) in [6.07, 6.45) is 4.68. The molecule has 0 fully saturated rings. The van der Waals surface area contributed by atoms with Crippen LogP contribution in [-0.2, 0) is 6.54 Å². The molecule has 0 saturated carbocycles. The Kier molecular flexibility index (Phi) is 5.91. The largest absolute Gasteiger partial charge is 0.356 e. The predicted molar refractivity (Wildman–Crippen MR) is 135 cm³/mol. The Labute approximate surface area is 194 Å². The second-order valence-corrected chi connectivity index (χ2v) is 8.37. The zero-order chi connectivity index (χ0) is 21.8. The summed E-state index contributed by atoms with van der Waals surface area (Å²) in [5.41, 5.74) is 7.22. The van der Waals surface area contributed by atoms with Crippen LogP contribution >= 0.6 is 11.6 Å². The Hall–Kier alpha value is -3.55. The average Bonchev–Trinajstić information content (AvgIpc) is 2.87. The summed E-state index contributed by atoms with van der Waals surface area (Å²) in [6, 6.07) is 40.1. The smallest absolute Gasteiger partial charge is 0.0739 e. The average molecular weight is 434 g/mol. The van der Waals surface area contributed by atoms with Gasteiger partial charge < -0.3 is 4.90 Å². The van der Waals surface area contributed by atoms with E-state index in [1.165, 1.54) is 28.0 Å². The lowest BCUT2D eigenvalue weighted by Gasteiger charge is -2.38. The van der Waals surface area contributed by atoms with Gasteiger partial charge in [0.2, 0.25) is 0 Å². The third-order valence-electron chi connectivity index (χ3n) is 5.89. The van der Waals surface area contributed by atoms with Crippen molar-refractivity contribution < 1.29 is 0 Å². The molecule has 1 atom stereocenters. The van der Waals surface area contributed by atoms with E-state index in [2.05, 4.69) is 120 Å². The molecule has 4 aromatic carbocycles. The molecule has 0 bridgehead atoms. The highest BCUT2D eigenvalue weighted by Crippen LogP contribution is 2.40. The van der Waals surface area contributed by atoms with Gasteiger partial charge in [0.05, 0.1) is 6.04 Å². The van der Waals surface area contributed by atoms with E-state index in [-0.39, 0.29) is 6.04 Å². The number of rotatable bonds is 5. The Bertz CT molecular complexity index is 1240. The third-order valence-corrected chi connectivity index (χ3v) is 6.26. The van der Waals surface area contributed by atoms with Gasteiger partial charge in [0.15, 0.2) is 0 Å². The summed E-state index contributed by atoms with van der Waals surface area (Å²) < 4.78 is 0. The molecule has 32 heavy (non-hydrogen) atoms. The molecule has 1 unspecified atom stereocenters. The van der Waals surface area contributed by atoms with Crippen LogP contribution < -0.4 is 0 Å². The van der Waals surface area contributed by atoms with E-state index in [4.69, 9.17) is 11.6 Å². The molecule has 0 radical (unpaired) electrons. The minimum Gasteiger partial charge on any atom is -0.356 e. The molecule has 0 spiro atoms. The number of halogens is 1. The van der Waals surface area contributed by atoms with Gasteiger partial charge in [0, 0.05) is 17.3 Å². The highest BCUT2D eigenvalue weighted by Gasteiger charge is 2.27. The summed E-state index contributed by atoms with van der Waals surface area (Å²) >= 11 is 6.59. The minimum atomic E-state index is 0.0860. The number of benzene rings is 4. The quantitative estimate of drug-likeness (QED) is 0.308. The second kappa shape index (κ2) is 9.30. The van der Waals surface area contributed by atoms with Crippen LogP contribution in [0.2, 0.25) is 5.02 Å². The van der Waals surface area contributed by atoms with Crippen molar-refractivity contribution in [3.8, 4) is 0 Å². The van der Waals surface area contributed by atoms with Crippen LogP contribution in [0.3, 0.4) is 0 Å². The number of allylic oxidation sites excluding steroid dienone is 2. The molecule has 0 amide bonds. The lowest BCUT2D eigenvalue weighted by molar-refractivity contribution is 0.335. The molecule has 156 valence electrons. The van der Waals surface area contributed by atoms with Crippen LogP contribution in [0.25, 0.3) is 11.3 Å². The Morgan fingerprint density at radius 2 is 1.19 bits per heavy atom. The van der Waals surface area contributed by atoms with Crippen molar-refractivity contribution in [1.29, 1.82) is 0 Å². The second-order valence-electron chi connectivity index (χ2n) is 7.96. The first kappa shape index (κ1) is 20.4. The van der Waals surface area contributed by atoms with Crippen LogP contribution in [0.4, 0.5) is 0 Å². The van der Waals surface area contributed by atoms with Crippen LogP contribution in [0.1, 0.15) is 28.3 Å². The van der Waals surface area contributed by atoms with Crippen LogP contribution in [0, 0.1) is 0 Å². The maximum atomic E-state index is 6.59. The molecule has 0 aromatic heterocycles. The van der Waals surface area contributed by atoms with E-state index < -0.39 is 0 Å². The third kappa shape index (κ3) is 4.26. The molecule has 1 aliphatic heterocycles. The van der Waals surface area contributed by atoms with Gasteiger partial charge in [0.1, 0.15) is 0 Å². The van der Waals surface area contributed by atoms with Gasteiger partial charge in [-0.3, -0.25) is 0 Å². The van der Waals surface area contributed by atoms with E-state index >= 15 is 0 Å².